The van der Waals surface area contributed by atoms with E-state index in [2.05, 4.69) is 0 Å². The summed E-state index contributed by atoms with van der Waals surface area (Å²) in [6.07, 6.45) is 1.22. The topological polar surface area (TPSA) is 39.4 Å². The molecule has 0 radical (unpaired) electrons. The first-order valence-corrected chi connectivity index (χ1v) is 7.32. The molecular weight excluding hydrogens is 276 g/mol. The van der Waals surface area contributed by atoms with Gasteiger partial charge in [0, 0.05) is 12.0 Å². The van der Waals surface area contributed by atoms with Crippen LogP contribution in [0.2, 0.25) is 5.02 Å². The number of ether oxygens (including phenoxy) is 1. The summed E-state index contributed by atoms with van der Waals surface area (Å²) in [5, 5.41) is 1.34. The normalized spacial score (nSPS) is 12.0. The molecule has 4 heteroatoms. The average Bonchev–Trinajstić information content (AvgIpc) is 2.89. The Balaban J connectivity index is 2.46. The Morgan fingerprint density at radius 1 is 1.30 bits per heavy atom. The maximum absolute atomic E-state index is 12.7. The van der Waals surface area contributed by atoms with Gasteiger partial charge in [-0.25, -0.2) is 0 Å². The molecule has 0 atom stereocenters. The molecule has 0 bridgehead atoms. The molecular formula is C16H19ClO3. The highest BCUT2D eigenvalue weighted by molar-refractivity contribution is 6.34. The number of para-hydroxylation sites is 1. The zero-order valence-electron chi connectivity index (χ0n) is 12.0. The summed E-state index contributed by atoms with van der Waals surface area (Å²) in [6.45, 7) is 6.29. The van der Waals surface area contributed by atoms with Gasteiger partial charge in [0.1, 0.15) is 5.60 Å². The van der Waals surface area contributed by atoms with Crippen molar-refractivity contribution in [3.05, 3.63) is 35.0 Å². The zero-order chi connectivity index (χ0) is 14.8. The zero-order valence-corrected chi connectivity index (χ0v) is 12.8. The van der Waals surface area contributed by atoms with E-state index in [-0.39, 0.29) is 5.78 Å². The molecule has 1 aromatic heterocycles. The van der Waals surface area contributed by atoms with E-state index in [1.165, 1.54) is 0 Å². The number of rotatable bonds is 6. The van der Waals surface area contributed by atoms with Crippen molar-refractivity contribution >= 4 is 28.4 Å². The van der Waals surface area contributed by atoms with Crippen molar-refractivity contribution in [2.45, 2.75) is 39.2 Å². The van der Waals surface area contributed by atoms with Gasteiger partial charge in [0.05, 0.1) is 5.02 Å². The Hall–Kier alpha value is -1.32. The van der Waals surface area contributed by atoms with Crippen LogP contribution in [0.15, 0.2) is 28.7 Å². The van der Waals surface area contributed by atoms with Gasteiger partial charge in [-0.05, 0) is 31.9 Å². The Bertz CT molecular complexity index is 611. The lowest BCUT2D eigenvalue weighted by Gasteiger charge is -2.28. The van der Waals surface area contributed by atoms with E-state index in [0.29, 0.717) is 35.8 Å². The molecule has 1 aromatic carbocycles. The molecule has 1 heterocycles. The number of carbonyl (C=O) groups excluding carboxylic acids is 1. The van der Waals surface area contributed by atoms with Gasteiger partial charge in [-0.3, -0.25) is 4.79 Å². The lowest BCUT2D eigenvalue weighted by atomic mass is 9.90. The van der Waals surface area contributed by atoms with Crippen molar-refractivity contribution in [1.82, 2.24) is 0 Å². The first kappa shape index (κ1) is 15.1. The largest absolute Gasteiger partial charge is 0.451 e. The van der Waals surface area contributed by atoms with E-state index >= 15 is 0 Å². The molecule has 0 amide bonds. The first-order chi connectivity index (χ1) is 9.57. The van der Waals surface area contributed by atoms with Crippen LogP contribution in [0.1, 0.15) is 44.2 Å². The Morgan fingerprint density at radius 3 is 2.55 bits per heavy atom. The lowest BCUT2D eigenvalue weighted by molar-refractivity contribution is -0.0265. The molecule has 0 N–H and O–H groups in total. The summed E-state index contributed by atoms with van der Waals surface area (Å²) in [6, 6.07) is 7.20. The minimum absolute atomic E-state index is 0.114. The summed E-state index contributed by atoms with van der Waals surface area (Å²) >= 11 is 6.08. The van der Waals surface area contributed by atoms with Gasteiger partial charge in [0.2, 0.25) is 5.78 Å². The third kappa shape index (κ3) is 2.48. The number of Topliss-reactive ketones (excluding diaryl/α,β-unsaturated/α-hetero) is 1. The van der Waals surface area contributed by atoms with E-state index in [1.54, 1.807) is 12.1 Å². The van der Waals surface area contributed by atoms with Crippen LogP contribution in [0.3, 0.4) is 0 Å². The second-order valence-corrected chi connectivity index (χ2v) is 5.14. The first-order valence-electron chi connectivity index (χ1n) is 6.94. The molecule has 20 heavy (non-hydrogen) atoms. The fourth-order valence-electron chi connectivity index (χ4n) is 2.48. The van der Waals surface area contributed by atoms with E-state index in [4.69, 9.17) is 20.8 Å². The molecule has 2 rings (SSSR count). The molecule has 0 unspecified atom stereocenters. The monoisotopic (exact) mass is 294 g/mol. The quantitative estimate of drug-likeness (QED) is 0.714. The van der Waals surface area contributed by atoms with Crippen molar-refractivity contribution < 1.29 is 13.9 Å². The maximum atomic E-state index is 12.7. The molecule has 0 aliphatic rings. The molecule has 0 spiro atoms. The standard InChI is InChI=1S/C16H19ClO3/c1-4-16(5-2,19-6-3)15(18)13-10-11-8-7-9-12(17)14(11)20-13/h7-10H,4-6H2,1-3H3. The van der Waals surface area contributed by atoms with Gasteiger partial charge in [-0.1, -0.05) is 37.6 Å². The third-order valence-corrected chi connectivity index (χ3v) is 3.99. The van der Waals surface area contributed by atoms with E-state index in [1.807, 2.05) is 32.9 Å². The number of fused-ring (bicyclic) bond motifs is 1. The number of benzene rings is 1. The predicted molar refractivity (Wildman–Crippen MR) is 80.5 cm³/mol. The van der Waals surface area contributed by atoms with E-state index < -0.39 is 5.60 Å². The van der Waals surface area contributed by atoms with Gasteiger partial charge >= 0.3 is 0 Å². The second-order valence-electron chi connectivity index (χ2n) is 4.73. The number of ketones is 1. The molecule has 0 saturated heterocycles. The van der Waals surface area contributed by atoms with Crippen LogP contribution in [-0.4, -0.2) is 18.0 Å². The summed E-state index contributed by atoms with van der Waals surface area (Å²) in [5.74, 6) is 0.196. The van der Waals surface area contributed by atoms with Crippen LogP contribution < -0.4 is 0 Å². The Labute approximate surface area is 123 Å². The van der Waals surface area contributed by atoms with Gasteiger partial charge < -0.3 is 9.15 Å². The fourth-order valence-corrected chi connectivity index (χ4v) is 2.70. The highest BCUT2D eigenvalue weighted by Crippen LogP contribution is 2.31. The minimum Gasteiger partial charge on any atom is -0.451 e. The number of hydrogen-bond acceptors (Lipinski definition) is 3. The minimum atomic E-state index is -0.810. The number of furan rings is 1. The SMILES string of the molecule is CCOC(CC)(CC)C(=O)c1cc2cccc(Cl)c2o1. The van der Waals surface area contributed by atoms with Crippen molar-refractivity contribution in [2.75, 3.05) is 6.61 Å². The van der Waals surface area contributed by atoms with Gasteiger partial charge in [0.15, 0.2) is 11.3 Å². The lowest BCUT2D eigenvalue weighted by Crippen LogP contribution is -2.40. The van der Waals surface area contributed by atoms with Crippen LogP contribution >= 0.6 is 11.6 Å². The van der Waals surface area contributed by atoms with Crippen molar-refractivity contribution in [3.63, 3.8) is 0 Å². The molecule has 2 aromatic rings. The summed E-state index contributed by atoms with van der Waals surface area (Å²) < 4.78 is 11.4. The van der Waals surface area contributed by atoms with E-state index in [9.17, 15) is 4.79 Å². The molecule has 0 fully saturated rings. The van der Waals surface area contributed by atoms with Crippen molar-refractivity contribution in [3.8, 4) is 0 Å². The molecule has 0 aliphatic heterocycles. The molecule has 0 saturated carbocycles. The van der Waals surface area contributed by atoms with Gasteiger partial charge in [0.25, 0.3) is 0 Å². The fraction of sp³-hybridized carbons (Fsp3) is 0.438. The van der Waals surface area contributed by atoms with Crippen molar-refractivity contribution in [1.29, 1.82) is 0 Å². The van der Waals surface area contributed by atoms with Crippen molar-refractivity contribution in [2.24, 2.45) is 0 Å². The Kier molecular flexibility index (Phi) is 4.51. The highest BCUT2D eigenvalue weighted by Gasteiger charge is 2.38. The summed E-state index contributed by atoms with van der Waals surface area (Å²) in [4.78, 5) is 12.7. The molecule has 108 valence electrons. The van der Waals surface area contributed by atoms with Crippen LogP contribution in [0.5, 0.6) is 0 Å². The third-order valence-electron chi connectivity index (χ3n) is 3.70. The number of halogens is 1. The number of hydrogen-bond donors (Lipinski definition) is 0. The van der Waals surface area contributed by atoms with Crippen LogP contribution in [0.4, 0.5) is 0 Å². The highest BCUT2D eigenvalue weighted by atomic mass is 35.5. The predicted octanol–water partition coefficient (Wildman–Crippen LogP) is 4.86. The van der Waals surface area contributed by atoms with Crippen LogP contribution in [-0.2, 0) is 4.74 Å². The molecule has 3 nitrogen and oxygen atoms in total. The molecule has 0 aliphatic carbocycles. The Morgan fingerprint density at radius 2 is 2.00 bits per heavy atom. The van der Waals surface area contributed by atoms with Crippen LogP contribution in [0, 0.1) is 0 Å². The smallest absolute Gasteiger partial charge is 0.229 e. The average molecular weight is 295 g/mol. The van der Waals surface area contributed by atoms with Gasteiger partial charge in [-0.15, -0.1) is 0 Å². The number of carbonyl (C=O) groups is 1. The second kappa shape index (κ2) is 5.98. The van der Waals surface area contributed by atoms with E-state index in [0.717, 1.165) is 5.39 Å². The van der Waals surface area contributed by atoms with Gasteiger partial charge in [-0.2, -0.15) is 0 Å². The maximum Gasteiger partial charge on any atom is 0.229 e. The van der Waals surface area contributed by atoms with Crippen LogP contribution in [0.25, 0.3) is 11.0 Å². The summed E-state index contributed by atoms with van der Waals surface area (Å²) in [5.41, 5.74) is -0.259. The summed E-state index contributed by atoms with van der Waals surface area (Å²) in [7, 11) is 0.